The molecule has 1 amide bonds. The lowest BCUT2D eigenvalue weighted by Gasteiger charge is -2.25. The SMILES string of the molecule is O=C(c1cc2c(C(F)(F)F)cccc2[nH]1)N1CCc2nc(NCC3COC3)sc2C1. The first kappa shape index (κ1) is 19.4. The molecule has 0 radical (unpaired) electrons. The van der Waals surface area contributed by atoms with Crippen LogP contribution in [0.4, 0.5) is 18.3 Å². The zero-order chi connectivity index (χ0) is 20.9. The quantitative estimate of drug-likeness (QED) is 0.651. The highest BCUT2D eigenvalue weighted by atomic mass is 32.1. The molecular formula is C20H19F3N4O2S. The molecule has 2 N–H and O–H groups in total. The average molecular weight is 436 g/mol. The Morgan fingerprint density at radius 3 is 2.93 bits per heavy atom. The summed E-state index contributed by atoms with van der Waals surface area (Å²) in [5, 5.41) is 4.17. The first-order valence-electron chi connectivity index (χ1n) is 9.67. The monoisotopic (exact) mass is 436 g/mol. The van der Waals surface area contributed by atoms with Crippen LogP contribution >= 0.6 is 11.3 Å². The molecule has 0 saturated carbocycles. The van der Waals surface area contributed by atoms with Gasteiger partial charge in [-0.2, -0.15) is 13.2 Å². The molecule has 5 rings (SSSR count). The number of nitrogens with zero attached hydrogens (tertiary/aromatic N) is 2. The number of aromatic nitrogens is 2. The first-order valence-corrected chi connectivity index (χ1v) is 10.5. The summed E-state index contributed by atoms with van der Waals surface area (Å²) in [5.74, 6) is 0.201. The highest BCUT2D eigenvalue weighted by molar-refractivity contribution is 7.15. The van der Waals surface area contributed by atoms with Crippen molar-refractivity contribution in [1.29, 1.82) is 0 Å². The van der Waals surface area contributed by atoms with Crippen molar-refractivity contribution in [3.63, 3.8) is 0 Å². The fourth-order valence-corrected chi connectivity index (χ4v) is 4.80. The topological polar surface area (TPSA) is 70.2 Å². The number of nitrogens with one attached hydrogen (secondary N) is 2. The van der Waals surface area contributed by atoms with E-state index in [1.165, 1.54) is 23.5 Å². The Bertz CT molecular complexity index is 1100. The van der Waals surface area contributed by atoms with Gasteiger partial charge in [0.25, 0.3) is 5.91 Å². The van der Waals surface area contributed by atoms with Gasteiger partial charge in [0, 0.05) is 41.2 Å². The Morgan fingerprint density at radius 1 is 1.37 bits per heavy atom. The molecule has 6 nitrogen and oxygen atoms in total. The second kappa shape index (κ2) is 7.28. The molecule has 0 spiro atoms. The van der Waals surface area contributed by atoms with Crippen molar-refractivity contribution >= 4 is 33.3 Å². The van der Waals surface area contributed by atoms with E-state index in [4.69, 9.17) is 4.74 Å². The van der Waals surface area contributed by atoms with Gasteiger partial charge in [0.1, 0.15) is 5.69 Å². The number of halogens is 3. The largest absolute Gasteiger partial charge is 0.417 e. The molecule has 0 aliphatic carbocycles. The van der Waals surface area contributed by atoms with Crippen molar-refractivity contribution in [2.75, 3.05) is 31.6 Å². The number of anilines is 1. The Labute approximate surface area is 174 Å². The number of thiazole rings is 1. The minimum absolute atomic E-state index is 0.00954. The number of carbonyl (C=O) groups excluding carboxylic acids is 1. The minimum Gasteiger partial charge on any atom is -0.381 e. The second-order valence-electron chi connectivity index (χ2n) is 7.60. The Kier molecular flexibility index (Phi) is 4.70. The van der Waals surface area contributed by atoms with Gasteiger partial charge >= 0.3 is 6.18 Å². The van der Waals surface area contributed by atoms with Gasteiger partial charge in [0.2, 0.25) is 0 Å². The number of hydrogen-bond acceptors (Lipinski definition) is 5. The molecule has 2 aliphatic heterocycles. The number of fused-ring (bicyclic) bond motifs is 2. The maximum atomic E-state index is 13.3. The third-order valence-electron chi connectivity index (χ3n) is 5.47. The molecule has 3 aromatic rings. The third-order valence-corrected chi connectivity index (χ3v) is 6.51. The number of amides is 1. The zero-order valence-electron chi connectivity index (χ0n) is 15.9. The van der Waals surface area contributed by atoms with E-state index in [2.05, 4.69) is 15.3 Å². The minimum atomic E-state index is -4.47. The standard InChI is InChI=1S/C20H19F3N4O2S/c21-20(22,23)13-2-1-3-14-12(13)6-16(25-14)18(28)27-5-4-15-17(8-27)30-19(26-15)24-7-11-9-29-10-11/h1-3,6,11,25H,4-5,7-10H2,(H,24,26). The van der Waals surface area contributed by atoms with Crippen LogP contribution in [0.3, 0.4) is 0 Å². The number of carbonyl (C=O) groups is 1. The molecule has 4 heterocycles. The van der Waals surface area contributed by atoms with Gasteiger partial charge < -0.3 is 19.9 Å². The van der Waals surface area contributed by atoms with Crippen molar-refractivity contribution in [3.8, 4) is 0 Å². The predicted molar refractivity (Wildman–Crippen MR) is 107 cm³/mol. The van der Waals surface area contributed by atoms with Gasteiger partial charge in [-0.25, -0.2) is 4.98 Å². The molecular weight excluding hydrogens is 417 g/mol. The fraction of sp³-hybridized carbons (Fsp3) is 0.400. The average Bonchev–Trinajstić information content (AvgIpc) is 3.28. The summed E-state index contributed by atoms with van der Waals surface area (Å²) in [6.45, 7) is 3.22. The van der Waals surface area contributed by atoms with Gasteiger partial charge in [0.15, 0.2) is 5.13 Å². The summed E-state index contributed by atoms with van der Waals surface area (Å²) >= 11 is 1.52. The maximum Gasteiger partial charge on any atom is 0.417 e. The van der Waals surface area contributed by atoms with Crippen LogP contribution in [-0.4, -0.2) is 47.1 Å². The van der Waals surface area contributed by atoms with Crippen LogP contribution in [0, 0.1) is 5.92 Å². The molecule has 0 unspecified atom stereocenters. The lowest BCUT2D eigenvalue weighted by Crippen LogP contribution is -2.35. The van der Waals surface area contributed by atoms with Crippen molar-refractivity contribution in [2.45, 2.75) is 19.1 Å². The van der Waals surface area contributed by atoms with Crippen LogP contribution in [0.5, 0.6) is 0 Å². The highest BCUT2D eigenvalue weighted by Gasteiger charge is 2.33. The number of aromatic amines is 1. The summed E-state index contributed by atoms with van der Waals surface area (Å²) in [7, 11) is 0. The normalized spacial score (nSPS) is 17.1. The lowest BCUT2D eigenvalue weighted by atomic mass is 10.1. The van der Waals surface area contributed by atoms with E-state index in [0.717, 1.165) is 41.5 Å². The Balaban J connectivity index is 1.33. The van der Waals surface area contributed by atoms with Crippen LogP contribution in [0.2, 0.25) is 0 Å². The number of benzene rings is 1. The molecule has 1 aromatic carbocycles. The molecule has 1 saturated heterocycles. The van der Waals surface area contributed by atoms with Gasteiger partial charge in [-0.05, 0) is 18.2 Å². The zero-order valence-corrected chi connectivity index (χ0v) is 16.7. The van der Waals surface area contributed by atoms with E-state index in [1.807, 2.05) is 0 Å². The number of H-pyrrole nitrogens is 1. The molecule has 2 aromatic heterocycles. The molecule has 0 bridgehead atoms. The van der Waals surface area contributed by atoms with Crippen molar-refractivity contribution < 1.29 is 22.7 Å². The van der Waals surface area contributed by atoms with E-state index in [1.54, 1.807) is 11.0 Å². The lowest BCUT2D eigenvalue weighted by molar-refractivity contribution is -0.136. The van der Waals surface area contributed by atoms with Crippen molar-refractivity contribution in [2.24, 2.45) is 5.92 Å². The summed E-state index contributed by atoms with van der Waals surface area (Å²) < 4.78 is 45.0. The fourth-order valence-electron chi connectivity index (χ4n) is 3.77. The number of ether oxygens (including phenoxy) is 1. The van der Waals surface area contributed by atoms with E-state index in [0.29, 0.717) is 30.9 Å². The maximum absolute atomic E-state index is 13.3. The third kappa shape index (κ3) is 3.54. The molecule has 1 fully saturated rings. The highest BCUT2D eigenvalue weighted by Crippen LogP contribution is 2.35. The van der Waals surface area contributed by atoms with E-state index in [9.17, 15) is 18.0 Å². The van der Waals surface area contributed by atoms with Crippen molar-refractivity contribution in [1.82, 2.24) is 14.9 Å². The van der Waals surface area contributed by atoms with Crippen LogP contribution in [0.25, 0.3) is 10.9 Å². The van der Waals surface area contributed by atoms with Gasteiger partial charge in [-0.15, -0.1) is 0 Å². The molecule has 10 heteroatoms. The van der Waals surface area contributed by atoms with E-state index < -0.39 is 11.7 Å². The summed E-state index contributed by atoms with van der Waals surface area (Å²) in [6.07, 6.45) is -3.85. The molecule has 30 heavy (non-hydrogen) atoms. The number of alkyl halides is 3. The Morgan fingerprint density at radius 2 is 2.20 bits per heavy atom. The van der Waals surface area contributed by atoms with Gasteiger partial charge in [-0.1, -0.05) is 17.4 Å². The van der Waals surface area contributed by atoms with Crippen LogP contribution in [-0.2, 0) is 23.9 Å². The smallest absolute Gasteiger partial charge is 0.381 e. The van der Waals surface area contributed by atoms with E-state index >= 15 is 0 Å². The second-order valence-corrected chi connectivity index (χ2v) is 8.68. The number of rotatable bonds is 4. The first-order chi connectivity index (χ1) is 14.4. The van der Waals surface area contributed by atoms with Gasteiger partial charge in [0.05, 0.1) is 31.0 Å². The summed E-state index contributed by atoms with van der Waals surface area (Å²) in [5.41, 5.74) is 0.701. The van der Waals surface area contributed by atoms with Crippen LogP contribution < -0.4 is 5.32 Å². The Hall–Kier alpha value is -2.59. The number of hydrogen-bond donors (Lipinski definition) is 2. The van der Waals surface area contributed by atoms with Crippen molar-refractivity contribution in [3.05, 3.63) is 46.1 Å². The molecule has 0 atom stereocenters. The van der Waals surface area contributed by atoms with Gasteiger partial charge in [-0.3, -0.25) is 4.79 Å². The molecule has 2 aliphatic rings. The van der Waals surface area contributed by atoms with Crippen LogP contribution in [0.15, 0.2) is 24.3 Å². The van der Waals surface area contributed by atoms with E-state index in [-0.39, 0.29) is 17.0 Å². The summed E-state index contributed by atoms with van der Waals surface area (Å²) in [4.78, 5) is 23.1. The predicted octanol–water partition coefficient (Wildman–Crippen LogP) is 3.90. The summed E-state index contributed by atoms with van der Waals surface area (Å²) in [6, 6.07) is 5.21. The molecule has 158 valence electrons. The van der Waals surface area contributed by atoms with Crippen LogP contribution in [0.1, 0.15) is 26.6 Å².